The molecule has 1 aromatic heterocycles. The van der Waals surface area contributed by atoms with Gasteiger partial charge in [-0.15, -0.1) is 0 Å². The molecule has 0 atom stereocenters. The number of hydrogen-bond acceptors (Lipinski definition) is 2. The zero-order valence-electron chi connectivity index (χ0n) is 5.90. The van der Waals surface area contributed by atoms with Gasteiger partial charge in [0.1, 0.15) is 15.9 Å². The lowest BCUT2D eigenvalue weighted by atomic mass is 10.2. The molecule has 0 bridgehead atoms. The topological polar surface area (TPSA) is 22.1 Å². The molecular formula is C7H4Cl3NO. The fraction of sp³-hybridized carbons (Fsp3) is 0.286. The van der Waals surface area contributed by atoms with Gasteiger partial charge in [-0.05, 0) is 0 Å². The van der Waals surface area contributed by atoms with Crippen molar-refractivity contribution in [1.29, 1.82) is 0 Å². The Labute approximate surface area is 84.4 Å². The fourth-order valence-corrected chi connectivity index (χ4v) is 1.83. The molecule has 0 saturated carbocycles. The molecule has 2 rings (SSSR count). The number of aromatic nitrogens is 1. The number of ether oxygens (including phenoxy) is 1. The van der Waals surface area contributed by atoms with Crippen LogP contribution in [0, 0.1) is 0 Å². The molecule has 12 heavy (non-hydrogen) atoms. The first-order valence-corrected chi connectivity index (χ1v) is 4.49. The molecule has 0 radical (unpaired) electrons. The summed E-state index contributed by atoms with van der Waals surface area (Å²) in [5, 5.41) is 0.938. The first-order valence-electron chi connectivity index (χ1n) is 3.36. The van der Waals surface area contributed by atoms with Gasteiger partial charge in [0, 0.05) is 12.0 Å². The molecule has 0 fully saturated rings. The van der Waals surface area contributed by atoms with E-state index in [-0.39, 0.29) is 5.15 Å². The lowest BCUT2D eigenvalue weighted by molar-refractivity contribution is 0.357. The van der Waals surface area contributed by atoms with E-state index >= 15 is 0 Å². The number of pyridine rings is 1. The minimum atomic E-state index is 0.197. The van der Waals surface area contributed by atoms with Crippen LogP contribution in [0.2, 0.25) is 15.3 Å². The Morgan fingerprint density at radius 2 is 1.92 bits per heavy atom. The third kappa shape index (κ3) is 1.15. The van der Waals surface area contributed by atoms with Crippen LogP contribution in [0.1, 0.15) is 5.56 Å². The monoisotopic (exact) mass is 223 g/mol. The average Bonchev–Trinajstić information content (AvgIpc) is 2.48. The van der Waals surface area contributed by atoms with Crippen molar-refractivity contribution in [3.05, 3.63) is 20.9 Å². The second-order valence-corrected chi connectivity index (χ2v) is 3.51. The Morgan fingerprint density at radius 1 is 1.17 bits per heavy atom. The highest BCUT2D eigenvalue weighted by molar-refractivity contribution is 6.43. The van der Waals surface area contributed by atoms with Gasteiger partial charge in [-0.2, -0.15) is 0 Å². The fourth-order valence-electron chi connectivity index (χ4n) is 1.14. The molecule has 0 aromatic carbocycles. The molecule has 0 saturated heterocycles. The zero-order valence-corrected chi connectivity index (χ0v) is 8.17. The highest BCUT2D eigenvalue weighted by atomic mass is 35.5. The van der Waals surface area contributed by atoms with Crippen molar-refractivity contribution in [2.24, 2.45) is 0 Å². The van der Waals surface area contributed by atoms with Crippen molar-refractivity contribution in [2.45, 2.75) is 6.42 Å². The van der Waals surface area contributed by atoms with Crippen LogP contribution in [0.15, 0.2) is 0 Å². The first kappa shape index (κ1) is 8.42. The summed E-state index contributed by atoms with van der Waals surface area (Å²) in [6, 6.07) is 0. The number of hydrogen-bond donors (Lipinski definition) is 0. The molecular weight excluding hydrogens is 220 g/mol. The SMILES string of the molecule is Clc1nc(Cl)c2c(c1Cl)OCC2. The van der Waals surface area contributed by atoms with E-state index in [0.29, 0.717) is 22.5 Å². The van der Waals surface area contributed by atoms with E-state index in [1.54, 1.807) is 0 Å². The summed E-state index contributed by atoms with van der Waals surface area (Å²) in [5.41, 5.74) is 0.853. The molecule has 0 spiro atoms. The second kappa shape index (κ2) is 2.95. The molecule has 5 heteroatoms. The Hall–Kier alpha value is -0.180. The molecule has 2 nitrogen and oxygen atoms in total. The molecule has 1 aliphatic rings. The van der Waals surface area contributed by atoms with E-state index in [2.05, 4.69) is 4.98 Å². The van der Waals surface area contributed by atoms with Crippen molar-refractivity contribution in [1.82, 2.24) is 4.98 Å². The van der Waals surface area contributed by atoms with Gasteiger partial charge in [-0.3, -0.25) is 0 Å². The van der Waals surface area contributed by atoms with E-state index in [1.165, 1.54) is 0 Å². The third-order valence-electron chi connectivity index (χ3n) is 1.70. The standard InChI is InChI=1S/C7H4Cl3NO/c8-4-5-3(1-2-12-5)6(9)11-7(4)10/h1-2H2. The van der Waals surface area contributed by atoms with Crippen LogP contribution in [0.5, 0.6) is 5.75 Å². The van der Waals surface area contributed by atoms with Gasteiger partial charge in [0.15, 0.2) is 5.15 Å². The molecule has 0 amide bonds. The maximum atomic E-state index is 5.83. The van der Waals surface area contributed by atoms with Gasteiger partial charge in [-0.25, -0.2) is 4.98 Å². The Balaban J connectivity index is 2.69. The van der Waals surface area contributed by atoms with Crippen LogP contribution in [-0.4, -0.2) is 11.6 Å². The molecule has 0 N–H and O–H groups in total. The van der Waals surface area contributed by atoms with Crippen molar-refractivity contribution < 1.29 is 4.74 Å². The summed E-state index contributed by atoms with van der Waals surface area (Å²) in [5.74, 6) is 0.585. The zero-order chi connectivity index (χ0) is 8.72. The van der Waals surface area contributed by atoms with Crippen molar-refractivity contribution >= 4 is 34.8 Å². The lowest BCUT2D eigenvalue weighted by Gasteiger charge is -2.03. The van der Waals surface area contributed by atoms with Crippen LogP contribution in [0.3, 0.4) is 0 Å². The lowest BCUT2D eigenvalue weighted by Crippen LogP contribution is -1.87. The van der Waals surface area contributed by atoms with Crippen molar-refractivity contribution in [3.63, 3.8) is 0 Å². The maximum absolute atomic E-state index is 5.83. The average molecular weight is 224 g/mol. The third-order valence-corrected chi connectivity index (χ3v) is 2.73. The molecule has 64 valence electrons. The number of halogens is 3. The molecule has 0 aliphatic carbocycles. The maximum Gasteiger partial charge on any atom is 0.153 e. The quantitative estimate of drug-likeness (QED) is 0.632. The molecule has 2 heterocycles. The Kier molecular flexibility index (Phi) is 2.07. The smallest absolute Gasteiger partial charge is 0.153 e. The summed E-state index contributed by atoms with van der Waals surface area (Å²) in [7, 11) is 0. The van der Waals surface area contributed by atoms with Crippen molar-refractivity contribution in [3.8, 4) is 5.75 Å². The minimum absolute atomic E-state index is 0.197. The number of nitrogens with zero attached hydrogens (tertiary/aromatic N) is 1. The highest BCUT2D eigenvalue weighted by Gasteiger charge is 2.22. The van der Waals surface area contributed by atoms with E-state index in [1.807, 2.05) is 0 Å². The summed E-state index contributed by atoms with van der Waals surface area (Å²) >= 11 is 17.3. The van der Waals surface area contributed by atoms with Crippen LogP contribution >= 0.6 is 34.8 Å². The normalized spacial score (nSPS) is 14.2. The van der Waals surface area contributed by atoms with Crippen LogP contribution in [-0.2, 0) is 6.42 Å². The minimum Gasteiger partial charge on any atom is -0.491 e. The van der Waals surface area contributed by atoms with Gasteiger partial charge in [0.2, 0.25) is 0 Å². The van der Waals surface area contributed by atoms with E-state index in [0.717, 1.165) is 12.0 Å². The molecule has 0 unspecified atom stereocenters. The first-order chi connectivity index (χ1) is 5.70. The van der Waals surface area contributed by atoms with Gasteiger partial charge in [0.25, 0.3) is 0 Å². The van der Waals surface area contributed by atoms with Crippen LogP contribution < -0.4 is 4.74 Å². The largest absolute Gasteiger partial charge is 0.491 e. The van der Waals surface area contributed by atoms with Gasteiger partial charge < -0.3 is 4.74 Å². The van der Waals surface area contributed by atoms with E-state index in [4.69, 9.17) is 39.5 Å². The van der Waals surface area contributed by atoms with Crippen molar-refractivity contribution in [2.75, 3.05) is 6.61 Å². The van der Waals surface area contributed by atoms with Gasteiger partial charge in [0.05, 0.1) is 6.61 Å². The van der Waals surface area contributed by atoms with E-state index < -0.39 is 0 Å². The van der Waals surface area contributed by atoms with Gasteiger partial charge >= 0.3 is 0 Å². The summed E-state index contributed by atoms with van der Waals surface area (Å²) in [6.45, 7) is 0.594. The molecule has 1 aliphatic heterocycles. The van der Waals surface area contributed by atoms with E-state index in [9.17, 15) is 0 Å². The number of rotatable bonds is 0. The summed E-state index contributed by atoms with van der Waals surface area (Å²) < 4.78 is 5.25. The Bertz CT molecular complexity index is 340. The molecule has 1 aromatic rings. The predicted octanol–water partition coefficient (Wildman–Crippen LogP) is 2.98. The van der Waals surface area contributed by atoms with Crippen LogP contribution in [0.4, 0.5) is 0 Å². The Morgan fingerprint density at radius 3 is 2.67 bits per heavy atom. The van der Waals surface area contributed by atoms with Gasteiger partial charge in [-0.1, -0.05) is 34.8 Å². The second-order valence-electron chi connectivity index (χ2n) is 2.41. The van der Waals surface area contributed by atoms with Crippen LogP contribution in [0.25, 0.3) is 0 Å². The summed E-state index contributed by atoms with van der Waals surface area (Å²) in [6.07, 6.45) is 0.748. The number of fused-ring (bicyclic) bond motifs is 1. The highest BCUT2D eigenvalue weighted by Crippen LogP contribution is 2.40. The predicted molar refractivity (Wildman–Crippen MR) is 48.5 cm³/mol. The summed E-state index contributed by atoms with van der Waals surface area (Å²) in [4.78, 5) is 3.86.